The number of carbonyl (C=O) groups is 1. The number of piperidine rings is 1. The number of aryl methyl sites for hydroxylation is 1. The first kappa shape index (κ1) is 22.2. The van der Waals surface area contributed by atoms with Gasteiger partial charge >= 0.3 is 0 Å². The molecular formula is C22H34N6O2. The minimum atomic E-state index is -0.452. The number of ether oxygens (including phenoxy) is 1. The van der Waals surface area contributed by atoms with E-state index >= 15 is 0 Å². The molecule has 1 aromatic heterocycles. The second-order valence-electron chi connectivity index (χ2n) is 8.00. The topological polar surface area (TPSA) is 76.4 Å². The molecule has 2 heterocycles. The third kappa shape index (κ3) is 5.36. The van der Waals surface area contributed by atoms with Crippen LogP contribution in [0.15, 0.2) is 24.3 Å². The lowest BCUT2D eigenvalue weighted by molar-refractivity contribution is -0.136. The van der Waals surface area contributed by atoms with Gasteiger partial charge in [0.05, 0.1) is 7.11 Å². The van der Waals surface area contributed by atoms with Crippen LogP contribution >= 0.6 is 0 Å². The number of methoxy groups -OCH3 is 1. The van der Waals surface area contributed by atoms with Crippen LogP contribution in [-0.2, 0) is 11.2 Å². The summed E-state index contributed by atoms with van der Waals surface area (Å²) in [4.78, 5) is 18.0. The van der Waals surface area contributed by atoms with E-state index in [-0.39, 0.29) is 5.91 Å². The summed E-state index contributed by atoms with van der Waals surface area (Å²) >= 11 is 0. The lowest BCUT2D eigenvalue weighted by atomic mass is 9.95. The van der Waals surface area contributed by atoms with Gasteiger partial charge in [0.1, 0.15) is 17.6 Å². The molecule has 3 rings (SSSR count). The standard InChI is InChI=1S/C22H34N6O2/c1-5-26(6-2)16-18-10-12-27(13-11-18)22(29)21(28-17(3)23-24-25-28)15-19-8-7-9-20(14-19)30-4/h7-9,14,18,21H,5-6,10-13,15-16H2,1-4H3/t21-/m0/s1. The van der Waals surface area contributed by atoms with E-state index < -0.39 is 6.04 Å². The van der Waals surface area contributed by atoms with Crippen LogP contribution in [0.2, 0.25) is 0 Å². The second-order valence-corrected chi connectivity index (χ2v) is 8.00. The van der Waals surface area contributed by atoms with E-state index in [1.54, 1.807) is 11.8 Å². The van der Waals surface area contributed by atoms with Crippen molar-refractivity contribution in [2.45, 2.75) is 46.1 Å². The van der Waals surface area contributed by atoms with Gasteiger partial charge in [0.2, 0.25) is 5.91 Å². The van der Waals surface area contributed by atoms with E-state index in [0.29, 0.717) is 18.2 Å². The number of aromatic nitrogens is 4. The predicted octanol–water partition coefficient (Wildman–Crippen LogP) is 2.35. The van der Waals surface area contributed by atoms with Gasteiger partial charge in [-0.05, 0) is 66.9 Å². The Bertz CT molecular complexity index is 811. The summed E-state index contributed by atoms with van der Waals surface area (Å²) in [6, 6.07) is 7.38. The molecule has 2 aromatic rings. The maximum atomic E-state index is 13.5. The Morgan fingerprint density at radius 2 is 2.00 bits per heavy atom. The highest BCUT2D eigenvalue weighted by atomic mass is 16.5. The fraction of sp³-hybridized carbons (Fsp3) is 0.636. The summed E-state index contributed by atoms with van der Waals surface area (Å²) in [5, 5.41) is 11.9. The summed E-state index contributed by atoms with van der Waals surface area (Å²) in [5.74, 6) is 2.17. The molecule has 0 unspecified atom stereocenters. The molecule has 1 aliphatic heterocycles. The Kier molecular flexibility index (Phi) is 7.79. The minimum absolute atomic E-state index is 0.0921. The van der Waals surface area contributed by atoms with Crippen molar-refractivity contribution in [2.75, 3.05) is 39.8 Å². The molecule has 0 aliphatic carbocycles. The van der Waals surface area contributed by atoms with E-state index in [4.69, 9.17) is 4.74 Å². The van der Waals surface area contributed by atoms with Crippen molar-refractivity contribution in [3.63, 3.8) is 0 Å². The van der Waals surface area contributed by atoms with Crippen molar-refractivity contribution in [3.8, 4) is 5.75 Å². The molecule has 0 N–H and O–H groups in total. The van der Waals surface area contributed by atoms with Gasteiger partial charge in [-0.2, -0.15) is 0 Å². The zero-order chi connectivity index (χ0) is 21.5. The van der Waals surface area contributed by atoms with Crippen molar-refractivity contribution in [1.29, 1.82) is 0 Å². The van der Waals surface area contributed by atoms with Gasteiger partial charge in [-0.1, -0.05) is 26.0 Å². The number of hydrogen-bond donors (Lipinski definition) is 0. The fourth-order valence-electron chi connectivity index (χ4n) is 4.22. The van der Waals surface area contributed by atoms with E-state index in [0.717, 1.165) is 56.9 Å². The maximum Gasteiger partial charge on any atom is 0.247 e. The first-order chi connectivity index (χ1) is 14.5. The first-order valence-electron chi connectivity index (χ1n) is 10.9. The SMILES string of the molecule is CCN(CC)CC1CCN(C(=O)[C@H](Cc2cccc(OC)c2)n2nnnc2C)CC1. The smallest absolute Gasteiger partial charge is 0.247 e. The third-order valence-electron chi connectivity index (χ3n) is 6.14. The summed E-state index contributed by atoms with van der Waals surface area (Å²) in [5.41, 5.74) is 1.03. The van der Waals surface area contributed by atoms with Crippen LogP contribution in [0.4, 0.5) is 0 Å². The van der Waals surface area contributed by atoms with Gasteiger partial charge in [-0.15, -0.1) is 5.10 Å². The lowest BCUT2D eigenvalue weighted by Crippen LogP contribution is -2.45. The number of likely N-dealkylation sites (tertiary alicyclic amines) is 1. The predicted molar refractivity (Wildman–Crippen MR) is 115 cm³/mol. The van der Waals surface area contributed by atoms with Crippen molar-refractivity contribution < 1.29 is 9.53 Å². The summed E-state index contributed by atoms with van der Waals surface area (Å²) in [7, 11) is 1.65. The van der Waals surface area contributed by atoms with E-state index in [1.807, 2.05) is 36.1 Å². The van der Waals surface area contributed by atoms with Crippen LogP contribution in [0, 0.1) is 12.8 Å². The molecule has 164 valence electrons. The minimum Gasteiger partial charge on any atom is -0.497 e. The normalized spacial score (nSPS) is 16.1. The van der Waals surface area contributed by atoms with Crippen LogP contribution in [0.5, 0.6) is 5.75 Å². The molecule has 1 aliphatic rings. The monoisotopic (exact) mass is 414 g/mol. The van der Waals surface area contributed by atoms with Gasteiger partial charge in [0.15, 0.2) is 0 Å². The van der Waals surface area contributed by atoms with Crippen LogP contribution in [0.3, 0.4) is 0 Å². The number of rotatable bonds is 9. The lowest BCUT2D eigenvalue weighted by Gasteiger charge is -2.36. The summed E-state index contributed by atoms with van der Waals surface area (Å²) in [6.45, 7) is 11.1. The van der Waals surface area contributed by atoms with Crippen molar-refractivity contribution in [3.05, 3.63) is 35.7 Å². The van der Waals surface area contributed by atoms with Gasteiger partial charge in [0.25, 0.3) is 0 Å². The number of hydrogen-bond acceptors (Lipinski definition) is 6. The van der Waals surface area contributed by atoms with Crippen molar-refractivity contribution in [2.24, 2.45) is 5.92 Å². The average Bonchev–Trinajstić information content (AvgIpc) is 3.21. The molecule has 0 spiro atoms. The van der Waals surface area contributed by atoms with Crippen LogP contribution < -0.4 is 4.74 Å². The molecule has 8 heteroatoms. The molecule has 1 aromatic carbocycles. The molecule has 1 amide bonds. The van der Waals surface area contributed by atoms with Gasteiger partial charge in [0, 0.05) is 26.1 Å². The molecular weight excluding hydrogens is 380 g/mol. The van der Waals surface area contributed by atoms with E-state index in [9.17, 15) is 4.79 Å². The van der Waals surface area contributed by atoms with Crippen LogP contribution in [0.25, 0.3) is 0 Å². The number of tetrazole rings is 1. The molecule has 1 atom stereocenters. The average molecular weight is 415 g/mol. The van der Waals surface area contributed by atoms with Gasteiger partial charge < -0.3 is 14.5 Å². The quantitative estimate of drug-likeness (QED) is 0.627. The van der Waals surface area contributed by atoms with Crippen LogP contribution in [-0.4, -0.2) is 75.7 Å². The maximum absolute atomic E-state index is 13.5. The third-order valence-corrected chi connectivity index (χ3v) is 6.14. The Labute approximate surface area is 179 Å². The van der Waals surface area contributed by atoms with E-state index in [1.165, 1.54) is 0 Å². The Balaban J connectivity index is 1.71. The van der Waals surface area contributed by atoms with Gasteiger partial charge in [-0.3, -0.25) is 4.79 Å². The highest BCUT2D eigenvalue weighted by Gasteiger charge is 2.31. The highest BCUT2D eigenvalue weighted by Crippen LogP contribution is 2.24. The summed E-state index contributed by atoms with van der Waals surface area (Å²) in [6.07, 6.45) is 2.62. The van der Waals surface area contributed by atoms with Crippen LogP contribution in [0.1, 0.15) is 44.1 Å². The Morgan fingerprint density at radius 1 is 1.27 bits per heavy atom. The summed E-state index contributed by atoms with van der Waals surface area (Å²) < 4.78 is 7.00. The highest BCUT2D eigenvalue weighted by molar-refractivity contribution is 5.81. The largest absolute Gasteiger partial charge is 0.497 e. The number of carbonyl (C=O) groups excluding carboxylic acids is 1. The first-order valence-corrected chi connectivity index (χ1v) is 10.9. The molecule has 1 fully saturated rings. The van der Waals surface area contributed by atoms with Crippen molar-refractivity contribution in [1.82, 2.24) is 30.0 Å². The zero-order valence-electron chi connectivity index (χ0n) is 18.6. The number of amides is 1. The number of benzene rings is 1. The van der Waals surface area contributed by atoms with Crippen molar-refractivity contribution >= 4 is 5.91 Å². The molecule has 1 saturated heterocycles. The number of nitrogens with zero attached hydrogens (tertiary/aromatic N) is 6. The molecule has 0 radical (unpaired) electrons. The second kappa shape index (κ2) is 10.5. The zero-order valence-corrected chi connectivity index (χ0v) is 18.6. The van der Waals surface area contributed by atoms with Gasteiger partial charge in [-0.25, -0.2) is 4.68 Å². The fourth-order valence-corrected chi connectivity index (χ4v) is 4.22. The molecule has 30 heavy (non-hydrogen) atoms. The molecule has 0 bridgehead atoms. The van der Waals surface area contributed by atoms with E-state index in [2.05, 4.69) is 34.3 Å². The Morgan fingerprint density at radius 3 is 2.60 bits per heavy atom. The Hall–Kier alpha value is -2.48. The molecule has 0 saturated carbocycles. The molecule has 8 nitrogen and oxygen atoms in total.